The van der Waals surface area contributed by atoms with Crippen LogP contribution < -0.4 is 17.2 Å². The van der Waals surface area contributed by atoms with Crippen LogP contribution in [0.3, 0.4) is 0 Å². The molecule has 1 aromatic heterocycles. The minimum atomic E-state index is -1.39. The Labute approximate surface area is 144 Å². The van der Waals surface area contributed by atoms with Crippen LogP contribution in [0.1, 0.15) is 26.5 Å². The van der Waals surface area contributed by atoms with Gasteiger partial charge >= 0.3 is 11.7 Å². The van der Waals surface area contributed by atoms with Gasteiger partial charge in [0.25, 0.3) is 0 Å². The van der Waals surface area contributed by atoms with Crippen LogP contribution in [-0.4, -0.2) is 56.7 Å². The molecule has 25 heavy (non-hydrogen) atoms. The molecular formula is C15H24N4O6. The minimum Gasteiger partial charge on any atom is -0.462 e. The highest BCUT2D eigenvalue weighted by Gasteiger charge is 2.44. The van der Waals surface area contributed by atoms with E-state index in [4.69, 9.17) is 20.9 Å². The Balaban J connectivity index is 2.02. The summed E-state index contributed by atoms with van der Waals surface area (Å²) in [5.74, 6) is -0.645. The van der Waals surface area contributed by atoms with Gasteiger partial charge in [-0.1, -0.05) is 20.3 Å². The van der Waals surface area contributed by atoms with Gasteiger partial charge in [-0.15, -0.1) is 0 Å². The van der Waals surface area contributed by atoms with E-state index in [1.807, 2.05) is 13.8 Å². The third kappa shape index (κ3) is 4.15. The number of carbonyl (C=O) groups is 1. The zero-order chi connectivity index (χ0) is 18.7. The fourth-order valence-corrected chi connectivity index (χ4v) is 2.46. The summed E-state index contributed by atoms with van der Waals surface area (Å²) in [7, 11) is 0. The van der Waals surface area contributed by atoms with Crippen LogP contribution in [0.5, 0.6) is 0 Å². The molecule has 6 atom stereocenters. The quantitative estimate of drug-likeness (QED) is 0.438. The Morgan fingerprint density at radius 3 is 2.76 bits per heavy atom. The summed E-state index contributed by atoms with van der Waals surface area (Å²) in [5, 5.41) is 20.2. The average molecular weight is 356 g/mol. The summed E-state index contributed by atoms with van der Waals surface area (Å²) in [4.78, 5) is 27.3. The van der Waals surface area contributed by atoms with Crippen molar-refractivity contribution in [3.05, 3.63) is 22.7 Å². The number of aliphatic hydroxyl groups is 2. The Morgan fingerprint density at radius 2 is 2.16 bits per heavy atom. The van der Waals surface area contributed by atoms with Gasteiger partial charge in [0.05, 0.1) is 0 Å². The second-order valence-electron chi connectivity index (χ2n) is 6.13. The van der Waals surface area contributed by atoms with Gasteiger partial charge in [-0.3, -0.25) is 9.36 Å². The Kier molecular flexibility index (Phi) is 6.11. The first-order valence-electron chi connectivity index (χ1n) is 8.04. The van der Waals surface area contributed by atoms with Gasteiger partial charge in [-0.25, -0.2) is 4.79 Å². The summed E-state index contributed by atoms with van der Waals surface area (Å²) < 4.78 is 11.6. The zero-order valence-electron chi connectivity index (χ0n) is 14.1. The Morgan fingerprint density at radius 1 is 1.48 bits per heavy atom. The Bertz CT molecular complexity index is 666. The summed E-state index contributed by atoms with van der Waals surface area (Å²) in [6.07, 6.45) is -2.89. The third-order valence-corrected chi connectivity index (χ3v) is 4.38. The smallest absolute Gasteiger partial charge is 0.351 e. The summed E-state index contributed by atoms with van der Waals surface area (Å²) >= 11 is 0. The molecule has 6 N–H and O–H groups in total. The summed E-state index contributed by atoms with van der Waals surface area (Å²) in [6, 6.07) is 0.579. The zero-order valence-corrected chi connectivity index (χ0v) is 14.1. The van der Waals surface area contributed by atoms with Gasteiger partial charge < -0.3 is 31.2 Å². The molecule has 1 aliphatic heterocycles. The molecule has 0 bridgehead atoms. The number of aromatic nitrogens is 2. The van der Waals surface area contributed by atoms with Gasteiger partial charge in [0.2, 0.25) is 0 Å². The third-order valence-electron chi connectivity index (χ3n) is 4.38. The van der Waals surface area contributed by atoms with Crippen molar-refractivity contribution in [1.29, 1.82) is 0 Å². The molecule has 1 fully saturated rings. The number of rotatable bonds is 6. The number of nitrogen functional groups attached to an aromatic ring is 1. The minimum absolute atomic E-state index is 0.0267. The molecule has 140 valence electrons. The standard InChI is InChI=1S/C15H24N4O6/c1-3-7(2)10(17)14(22)24-6-8-11(20)12(21)13(25-8)19-5-4-9(16)18-15(19)23/h4-5,7-8,10-13,20-21H,3,6,17H2,1-2H3,(H2,16,18,23)/t7-,8+,10-,11+,12-,13+/m0/s1. The highest BCUT2D eigenvalue weighted by atomic mass is 16.6. The van der Waals surface area contributed by atoms with Crippen LogP contribution >= 0.6 is 0 Å². The normalized spacial score (nSPS) is 28.5. The van der Waals surface area contributed by atoms with E-state index < -0.39 is 42.2 Å². The lowest BCUT2D eigenvalue weighted by atomic mass is 10.0. The monoisotopic (exact) mass is 356 g/mol. The second kappa shape index (κ2) is 7.91. The van der Waals surface area contributed by atoms with Crippen LogP contribution in [0.4, 0.5) is 5.82 Å². The molecule has 10 nitrogen and oxygen atoms in total. The van der Waals surface area contributed by atoms with Gasteiger partial charge in [-0.2, -0.15) is 4.98 Å². The lowest BCUT2D eigenvalue weighted by molar-refractivity contribution is -0.153. The molecule has 1 saturated heterocycles. The maximum absolute atomic E-state index is 11.9. The van der Waals surface area contributed by atoms with Crippen LogP contribution in [0.2, 0.25) is 0 Å². The SMILES string of the molecule is CC[C@H](C)[C@H](N)C(=O)OC[C@H]1O[C@@H](n2ccc(N)nc2=O)[C@@H](O)[C@@H]1O. The number of hydrogen-bond donors (Lipinski definition) is 4. The fourth-order valence-electron chi connectivity index (χ4n) is 2.46. The number of nitrogens with zero attached hydrogens (tertiary/aromatic N) is 2. The first-order chi connectivity index (χ1) is 11.8. The number of ether oxygens (including phenoxy) is 2. The number of carbonyl (C=O) groups excluding carboxylic acids is 1. The first kappa shape index (κ1) is 19.3. The van der Waals surface area contributed by atoms with E-state index in [2.05, 4.69) is 4.98 Å². The van der Waals surface area contributed by atoms with Gasteiger partial charge in [-0.05, 0) is 12.0 Å². The number of anilines is 1. The molecule has 10 heteroatoms. The average Bonchev–Trinajstić information content (AvgIpc) is 2.86. The van der Waals surface area contributed by atoms with Crippen LogP contribution in [0.15, 0.2) is 17.1 Å². The second-order valence-corrected chi connectivity index (χ2v) is 6.13. The first-order valence-corrected chi connectivity index (χ1v) is 8.04. The number of nitrogens with two attached hydrogens (primary N) is 2. The molecule has 0 spiro atoms. The van der Waals surface area contributed by atoms with Crippen molar-refractivity contribution in [2.24, 2.45) is 11.7 Å². The van der Waals surface area contributed by atoms with Crippen molar-refractivity contribution in [2.75, 3.05) is 12.3 Å². The van der Waals surface area contributed by atoms with Crippen molar-refractivity contribution >= 4 is 11.8 Å². The van der Waals surface area contributed by atoms with Crippen LogP contribution in [0, 0.1) is 5.92 Å². The van der Waals surface area contributed by atoms with Crippen LogP contribution in [-0.2, 0) is 14.3 Å². The molecule has 1 aliphatic rings. The molecule has 0 unspecified atom stereocenters. The molecule has 1 aromatic rings. The van der Waals surface area contributed by atoms with Gasteiger partial charge in [0.1, 0.15) is 36.8 Å². The molecule has 0 radical (unpaired) electrons. The van der Waals surface area contributed by atoms with E-state index >= 15 is 0 Å². The van der Waals surface area contributed by atoms with Crippen molar-refractivity contribution in [3.63, 3.8) is 0 Å². The maximum atomic E-state index is 11.9. The molecule has 0 saturated carbocycles. The lowest BCUT2D eigenvalue weighted by Crippen LogP contribution is -2.41. The van der Waals surface area contributed by atoms with E-state index in [1.54, 1.807) is 0 Å². The number of hydrogen-bond acceptors (Lipinski definition) is 9. The predicted molar refractivity (Wildman–Crippen MR) is 87.2 cm³/mol. The lowest BCUT2D eigenvalue weighted by Gasteiger charge is -2.19. The molecule has 0 aromatic carbocycles. The highest BCUT2D eigenvalue weighted by Crippen LogP contribution is 2.28. The molecule has 0 aliphatic carbocycles. The van der Waals surface area contributed by atoms with Crippen LogP contribution in [0.25, 0.3) is 0 Å². The highest BCUT2D eigenvalue weighted by molar-refractivity contribution is 5.75. The Hall–Kier alpha value is -2.01. The largest absolute Gasteiger partial charge is 0.462 e. The van der Waals surface area contributed by atoms with E-state index in [9.17, 15) is 19.8 Å². The number of aliphatic hydroxyl groups excluding tert-OH is 2. The van der Waals surface area contributed by atoms with E-state index in [-0.39, 0.29) is 18.3 Å². The topological polar surface area (TPSA) is 163 Å². The van der Waals surface area contributed by atoms with Gasteiger partial charge in [0, 0.05) is 6.20 Å². The predicted octanol–water partition coefficient (Wildman–Crippen LogP) is -1.64. The molecule has 2 rings (SSSR count). The van der Waals surface area contributed by atoms with Crippen molar-refractivity contribution in [2.45, 2.75) is 50.8 Å². The van der Waals surface area contributed by atoms with Crippen molar-refractivity contribution in [3.8, 4) is 0 Å². The van der Waals surface area contributed by atoms with E-state index in [0.717, 1.165) is 4.57 Å². The van der Waals surface area contributed by atoms with Crippen molar-refractivity contribution in [1.82, 2.24) is 9.55 Å². The number of esters is 1. The molecular weight excluding hydrogens is 332 g/mol. The molecule has 2 heterocycles. The van der Waals surface area contributed by atoms with Gasteiger partial charge in [0.15, 0.2) is 6.23 Å². The summed E-state index contributed by atoms with van der Waals surface area (Å²) in [5.41, 5.74) is 10.5. The van der Waals surface area contributed by atoms with E-state index in [1.165, 1.54) is 12.3 Å². The molecule has 0 amide bonds. The van der Waals surface area contributed by atoms with E-state index in [0.29, 0.717) is 6.42 Å². The fraction of sp³-hybridized carbons (Fsp3) is 0.667. The summed E-state index contributed by atoms with van der Waals surface area (Å²) in [6.45, 7) is 3.43. The maximum Gasteiger partial charge on any atom is 0.351 e. The van der Waals surface area contributed by atoms with Crippen molar-refractivity contribution < 1.29 is 24.5 Å².